The van der Waals surface area contributed by atoms with Crippen LogP contribution in [0.2, 0.25) is 0 Å². The first-order valence-corrected chi connectivity index (χ1v) is 12.8. The van der Waals surface area contributed by atoms with E-state index in [-0.39, 0.29) is 41.3 Å². The van der Waals surface area contributed by atoms with E-state index >= 15 is 0 Å². The van der Waals surface area contributed by atoms with Crippen molar-refractivity contribution >= 4 is 34.5 Å². The highest BCUT2D eigenvalue weighted by Gasteiger charge is 2.53. The second kappa shape index (κ2) is 10.1. The first kappa shape index (κ1) is 25.7. The maximum atomic E-state index is 12.5. The van der Waals surface area contributed by atoms with Crippen LogP contribution in [-0.4, -0.2) is 51.0 Å². The Morgan fingerprint density at radius 1 is 1.26 bits per heavy atom. The number of nitrogens with zero attached hydrogens (tertiary/aromatic N) is 2. The number of amides is 2. The van der Waals surface area contributed by atoms with Gasteiger partial charge in [-0.2, -0.15) is 0 Å². The van der Waals surface area contributed by atoms with Gasteiger partial charge in [0.15, 0.2) is 12.3 Å². The molecule has 3 heterocycles. The van der Waals surface area contributed by atoms with Gasteiger partial charge in [0.25, 0.3) is 11.8 Å². The van der Waals surface area contributed by atoms with Crippen molar-refractivity contribution in [2.45, 2.75) is 39.7 Å². The lowest BCUT2D eigenvalue weighted by Gasteiger charge is -2.60. The van der Waals surface area contributed by atoms with E-state index in [0.717, 1.165) is 36.2 Å². The van der Waals surface area contributed by atoms with E-state index < -0.39 is 11.9 Å². The van der Waals surface area contributed by atoms with Crippen LogP contribution in [0, 0.1) is 23.2 Å². The number of hydrogen-bond acceptors (Lipinski definition) is 7. The number of aromatic carboxylic acids is 1. The second-order valence-electron chi connectivity index (χ2n) is 10.7. The van der Waals surface area contributed by atoms with Crippen LogP contribution in [0.4, 0.5) is 5.69 Å². The fourth-order valence-electron chi connectivity index (χ4n) is 6.03. The van der Waals surface area contributed by atoms with Gasteiger partial charge in [0.05, 0.1) is 11.2 Å². The molecule has 0 spiro atoms. The highest BCUT2D eigenvalue weighted by Crippen LogP contribution is 2.61. The molecule has 3 aromatic rings. The molecule has 1 aromatic carbocycles. The number of carbonyl (C=O) groups is 3. The number of carboxylic acids is 1. The largest absolute Gasteiger partial charge is 0.482 e. The van der Waals surface area contributed by atoms with Crippen molar-refractivity contribution in [3.05, 3.63) is 47.5 Å². The molecule has 4 aliphatic rings. The Kier molecular flexibility index (Phi) is 6.78. The number of rotatable bonds is 5. The molecule has 7 rings (SSSR count). The number of nitrogens with one attached hydrogen (secondary N) is 3. The van der Waals surface area contributed by atoms with Crippen molar-refractivity contribution in [2.75, 3.05) is 18.5 Å². The number of benzene rings is 1. The van der Waals surface area contributed by atoms with Gasteiger partial charge >= 0.3 is 5.97 Å². The van der Waals surface area contributed by atoms with E-state index in [1.807, 2.05) is 0 Å². The normalized spacial score (nSPS) is 22.6. The van der Waals surface area contributed by atoms with Crippen LogP contribution < -0.4 is 21.1 Å². The molecule has 11 nitrogen and oxygen atoms in total. The Balaban J connectivity index is 0.000000222. The predicted molar refractivity (Wildman–Crippen MR) is 140 cm³/mol. The summed E-state index contributed by atoms with van der Waals surface area (Å²) < 4.78 is 5.29. The zero-order chi connectivity index (χ0) is 27.0. The molecule has 6 N–H and O–H groups in total. The molecule has 1 unspecified atom stereocenters. The topological polar surface area (TPSA) is 172 Å². The number of aromatic amines is 1. The molecule has 38 heavy (non-hydrogen) atoms. The summed E-state index contributed by atoms with van der Waals surface area (Å²) >= 11 is 0. The number of anilines is 1. The number of nitrogens with two attached hydrogens (primary N) is 1. The van der Waals surface area contributed by atoms with Gasteiger partial charge < -0.3 is 31.2 Å². The highest BCUT2D eigenvalue weighted by molar-refractivity contribution is 6.08. The van der Waals surface area contributed by atoms with Crippen molar-refractivity contribution in [3.8, 4) is 5.75 Å². The molecule has 3 atom stereocenters. The van der Waals surface area contributed by atoms with Gasteiger partial charge in [-0.15, -0.1) is 0 Å². The molecule has 0 radical (unpaired) electrons. The number of H-pyrrole nitrogens is 1. The maximum absolute atomic E-state index is 12.5. The summed E-state index contributed by atoms with van der Waals surface area (Å²) in [5.74, 6) is 1.50. The summed E-state index contributed by atoms with van der Waals surface area (Å²) in [4.78, 5) is 45.7. The van der Waals surface area contributed by atoms with E-state index in [9.17, 15) is 14.4 Å². The number of carbonyl (C=O) groups excluding carboxylic acids is 2. The maximum Gasteiger partial charge on any atom is 0.339 e. The fourth-order valence-corrected chi connectivity index (χ4v) is 6.03. The summed E-state index contributed by atoms with van der Waals surface area (Å²) in [7, 11) is 0. The highest BCUT2D eigenvalue weighted by atomic mass is 16.5. The van der Waals surface area contributed by atoms with Gasteiger partial charge in [-0.05, 0) is 66.7 Å². The third-order valence-electron chi connectivity index (χ3n) is 8.34. The molecular formula is C27H32N6O5. The van der Waals surface area contributed by atoms with E-state index in [1.54, 1.807) is 18.2 Å². The summed E-state index contributed by atoms with van der Waals surface area (Å²) in [5, 5.41) is 14.6. The zero-order valence-electron chi connectivity index (χ0n) is 21.4. The molecule has 200 valence electrons. The number of carboxylic acid groups (broad SMARTS) is 1. The summed E-state index contributed by atoms with van der Waals surface area (Å²) in [6, 6.07) is 5.19. The number of aromatic nitrogens is 3. The zero-order valence-corrected chi connectivity index (χ0v) is 21.4. The SMILES string of the molecule is CC1(C)[C@H]2CCC(CN)[C@@H]1C2.O=C1COc2ccc(CNC(=O)c3ncnc4c(C(=O)O)c[nH]c34)cc2N1. The average Bonchev–Trinajstić information content (AvgIpc) is 3.36. The van der Waals surface area contributed by atoms with Gasteiger partial charge in [0.2, 0.25) is 0 Å². The van der Waals surface area contributed by atoms with Gasteiger partial charge in [0.1, 0.15) is 23.2 Å². The summed E-state index contributed by atoms with van der Waals surface area (Å²) in [6.45, 7) is 5.92. The number of hydrogen-bond donors (Lipinski definition) is 5. The molecule has 2 bridgehead atoms. The average molecular weight is 521 g/mol. The van der Waals surface area contributed by atoms with Crippen molar-refractivity contribution in [1.29, 1.82) is 0 Å². The minimum atomic E-state index is -1.15. The quantitative estimate of drug-likeness (QED) is 0.341. The monoisotopic (exact) mass is 520 g/mol. The molecule has 3 saturated carbocycles. The van der Waals surface area contributed by atoms with E-state index in [2.05, 4.69) is 39.4 Å². The smallest absolute Gasteiger partial charge is 0.339 e. The van der Waals surface area contributed by atoms with Crippen LogP contribution in [0.15, 0.2) is 30.7 Å². The van der Waals surface area contributed by atoms with Gasteiger partial charge in [0, 0.05) is 12.7 Å². The third kappa shape index (κ3) is 4.69. The summed E-state index contributed by atoms with van der Waals surface area (Å²) in [6.07, 6.45) is 6.71. The third-order valence-corrected chi connectivity index (χ3v) is 8.34. The Hall–Kier alpha value is -3.99. The minimum Gasteiger partial charge on any atom is -0.482 e. The van der Waals surface area contributed by atoms with Crippen molar-refractivity contribution in [1.82, 2.24) is 20.3 Å². The molecule has 3 fully saturated rings. The number of fused-ring (bicyclic) bond motifs is 4. The molecule has 2 aromatic heterocycles. The lowest BCUT2D eigenvalue weighted by molar-refractivity contribution is -0.118. The Morgan fingerprint density at radius 3 is 2.76 bits per heavy atom. The minimum absolute atomic E-state index is 0.0265. The number of ether oxygens (including phenoxy) is 1. The van der Waals surface area contributed by atoms with E-state index in [0.29, 0.717) is 16.9 Å². The first-order chi connectivity index (χ1) is 18.2. The predicted octanol–water partition coefficient (Wildman–Crippen LogP) is 2.93. The Bertz CT molecular complexity index is 1400. The van der Waals surface area contributed by atoms with Gasteiger partial charge in [-0.3, -0.25) is 9.59 Å². The van der Waals surface area contributed by atoms with Crippen molar-refractivity contribution in [3.63, 3.8) is 0 Å². The van der Waals surface area contributed by atoms with E-state index in [4.69, 9.17) is 15.6 Å². The molecule has 11 heteroatoms. The Labute approximate surface area is 219 Å². The molecule has 1 aliphatic heterocycles. The molecule has 3 aliphatic carbocycles. The second-order valence-corrected chi connectivity index (χ2v) is 10.7. The standard InChI is InChI=1S/C17H13N5O5.C10H19N/c23-12-6-27-11-2-1-8(3-10(11)22-12)4-19-16(24)15-14-13(20-7-21-15)9(5-18-14)17(25)26;1-10(2)8-4-3-7(6-11)9(10)5-8/h1-3,5,7,18H,4,6H2,(H,19,24)(H,22,23)(H,25,26);7-9H,3-6,11H2,1-2H3/t;7?,8-,9-/m.0/s1. The fraction of sp³-hybridized carbons (Fsp3) is 0.444. The lowest BCUT2D eigenvalue weighted by atomic mass is 9.45. The van der Waals surface area contributed by atoms with E-state index in [1.165, 1.54) is 25.5 Å². The Morgan fingerprint density at radius 2 is 2.08 bits per heavy atom. The van der Waals surface area contributed by atoms with Crippen LogP contribution in [0.5, 0.6) is 5.75 Å². The first-order valence-electron chi connectivity index (χ1n) is 12.8. The van der Waals surface area contributed by atoms with Crippen molar-refractivity contribution in [2.24, 2.45) is 28.9 Å². The van der Waals surface area contributed by atoms with Crippen LogP contribution in [-0.2, 0) is 11.3 Å². The molecular weight excluding hydrogens is 488 g/mol. The van der Waals surface area contributed by atoms with Gasteiger partial charge in [-0.25, -0.2) is 14.8 Å². The van der Waals surface area contributed by atoms with Crippen LogP contribution in [0.1, 0.15) is 59.5 Å². The van der Waals surface area contributed by atoms with Crippen molar-refractivity contribution < 1.29 is 24.2 Å². The molecule has 0 saturated heterocycles. The van der Waals surface area contributed by atoms with Crippen LogP contribution in [0.25, 0.3) is 11.0 Å². The van der Waals surface area contributed by atoms with Crippen LogP contribution >= 0.6 is 0 Å². The lowest BCUT2D eigenvalue weighted by Crippen LogP contribution is -2.53. The van der Waals surface area contributed by atoms with Crippen LogP contribution in [0.3, 0.4) is 0 Å². The molecule has 2 amide bonds. The summed E-state index contributed by atoms with van der Waals surface area (Å²) in [5.41, 5.74) is 8.07. The van der Waals surface area contributed by atoms with Gasteiger partial charge in [-0.1, -0.05) is 19.9 Å².